The number of carbonyl (C=O) groups is 2. The molecule has 1 atom stereocenters. The Labute approximate surface area is 158 Å². The molecule has 0 spiro atoms. The quantitative estimate of drug-likeness (QED) is 0.777. The summed E-state index contributed by atoms with van der Waals surface area (Å²) in [7, 11) is 0. The molecule has 0 aromatic heterocycles. The molecular formula is C23H20N2O2. The van der Waals surface area contributed by atoms with Crippen molar-refractivity contribution in [2.24, 2.45) is 0 Å². The van der Waals surface area contributed by atoms with E-state index in [1.54, 1.807) is 11.0 Å². The van der Waals surface area contributed by atoms with Crippen molar-refractivity contribution in [2.45, 2.75) is 19.0 Å². The molecule has 4 heteroatoms. The third-order valence-electron chi connectivity index (χ3n) is 4.78. The van der Waals surface area contributed by atoms with E-state index < -0.39 is 6.04 Å². The van der Waals surface area contributed by atoms with Crippen molar-refractivity contribution in [3.8, 4) is 0 Å². The van der Waals surface area contributed by atoms with Crippen molar-refractivity contribution in [2.75, 3.05) is 4.90 Å². The SMILES string of the molecule is O=C1NC(Cc2ccccc2)C(=O)N(Cc2ccccc2)c2ccccc21. The van der Waals surface area contributed by atoms with Gasteiger partial charge in [0.25, 0.3) is 5.91 Å². The number of rotatable bonds is 4. The molecule has 0 fully saturated rings. The highest BCUT2D eigenvalue weighted by Crippen LogP contribution is 2.26. The Morgan fingerprint density at radius 2 is 1.33 bits per heavy atom. The van der Waals surface area contributed by atoms with Crippen LogP contribution in [0.5, 0.6) is 0 Å². The van der Waals surface area contributed by atoms with Crippen LogP contribution in [0, 0.1) is 0 Å². The standard InChI is InChI=1S/C23H20N2O2/c26-22-19-13-7-8-14-21(19)25(16-18-11-5-2-6-12-18)23(27)20(24-22)15-17-9-3-1-4-10-17/h1-14,20H,15-16H2,(H,24,26). The van der Waals surface area contributed by atoms with Gasteiger partial charge in [-0.2, -0.15) is 0 Å². The van der Waals surface area contributed by atoms with Crippen LogP contribution in [0.2, 0.25) is 0 Å². The molecule has 1 aliphatic rings. The minimum Gasteiger partial charge on any atom is -0.340 e. The van der Waals surface area contributed by atoms with Gasteiger partial charge in [-0.3, -0.25) is 9.59 Å². The van der Waals surface area contributed by atoms with Crippen LogP contribution in [0.3, 0.4) is 0 Å². The van der Waals surface area contributed by atoms with Crippen LogP contribution in [0.15, 0.2) is 84.9 Å². The predicted molar refractivity (Wildman–Crippen MR) is 105 cm³/mol. The van der Waals surface area contributed by atoms with Crippen molar-refractivity contribution in [3.05, 3.63) is 102 Å². The van der Waals surface area contributed by atoms with Crippen molar-refractivity contribution >= 4 is 17.5 Å². The van der Waals surface area contributed by atoms with Crippen molar-refractivity contribution in [1.29, 1.82) is 0 Å². The van der Waals surface area contributed by atoms with Crippen LogP contribution < -0.4 is 10.2 Å². The highest BCUT2D eigenvalue weighted by atomic mass is 16.2. The molecule has 0 saturated carbocycles. The normalized spacial score (nSPS) is 16.4. The molecule has 0 radical (unpaired) electrons. The van der Waals surface area contributed by atoms with Crippen LogP contribution in [0.1, 0.15) is 21.5 Å². The minimum atomic E-state index is -0.601. The Bertz CT molecular complexity index is 954. The lowest BCUT2D eigenvalue weighted by Crippen LogP contribution is -2.46. The Balaban J connectivity index is 1.71. The van der Waals surface area contributed by atoms with E-state index in [4.69, 9.17) is 0 Å². The summed E-state index contributed by atoms with van der Waals surface area (Å²) in [6, 6.07) is 26.3. The fourth-order valence-corrected chi connectivity index (χ4v) is 3.42. The van der Waals surface area contributed by atoms with Crippen molar-refractivity contribution < 1.29 is 9.59 Å². The summed E-state index contributed by atoms with van der Waals surface area (Å²) in [6.45, 7) is 0.428. The average Bonchev–Trinajstić information content (AvgIpc) is 2.81. The molecule has 1 aliphatic heterocycles. The van der Waals surface area contributed by atoms with Gasteiger partial charge < -0.3 is 10.2 Å². The zero-order valence-electron chi connectivity index (χ0n) is 14.8. The van der Waals surface area contributed by atoms with E-state index in [-0.39, 0.29) is 11.8 Å². The number of hydrogen-bond donors (Lipinski definition) is 1. The number of nitrogens with zero attached hydrogens (tertiary/aromatic N) is 1. The van der Waals surface area contributed by atoms with Gasteiger partial charge in [0.15, 0.2) is 0 Å². The fraction of sp³-hybridized carbons (Fsp3) is 0.130. The molecule has 27 heavy (non-hydrogen) atoms. The Hall–Kier alpha value is -3.40. The maximum absolute atomic E-state index is 13.4. The van der Waals surface area contributed by atoms with Gasteiger partial charge in [-0.05, 0) is 23.3 Å². The predicted octanol–water partition coefficient (Wildman–Crippen LogP) is 3.57. The average molecular weight is 356 g/mol. The number of anilines is 1. The van der Waals surface area contributed by atoms with Gasteiger partial charge in [0.1, 0.15) is 6.04 Å². The first-order chi connectivity index (χ1) is 13.2. The maximum Gasteiger partial charge on any atom is 0.254 e. The molecule has 0 saturated heterocycles. The summed E-state index contributed by atoms with van der Waals surface area (Å²) in [4.78, 5) is 27.9. The van der Waals surface area contributed by atoms with Crippen LogP contribution in [0.4, 0.5) is 5.69 Å². The molecule has 0 aliphatic carbocycles. The smallest absolute Gasteiger partial charge is 0.254 e. The van der Waals surface area contributed by atoms with E-state index >= 15 is 0 Å². The molecule has 4 rings (SSSR count). The van der Waals surface area contributed by atoms with Gasteiger partial charge in [-0.25, -0.2) is 0 Å². The zero-order valence-corrected chi connectivity index (χ0v) is 14.8. The summed E-state index contributed by atoms with van der Waals surface area (Å²) in [6.07, 6.45) is 0.463. The number of nitrogens with one attached hydrogen (secondary N) is 1. The van der Waals surface area contributed by atoms with Crippen LogP contribution in [-0.4, -0.2) is 17.9 Å². The molecule has 3 aromatic rings. The second-order valence-electron chi connectivity index (χ2n) is 6.64. The number of para-hydroxylation sites is 1. The highest BCUT2D eigenvalue weighted by molar-refractivity contribution is 6.11. The highest BCUT2D eigenvalue weighted by Gasteiger charge is 2.33. The van der Waals surface area contributed by atoms with E-state index in [9.17, 15) is 9.59 Å². The summed E-state index contributed by atoms with van der Waals surface area (Å²) in [5.41, 5.74) is 3.21. The number of hydrogen-bond acceptors (Lipinski definition) is 2. The second-order valence-corrected chi connectivity index (χ2v) is 6.64. The third-order valence-corrected chi connectivity index (χ3v) is 4.78. The van der Waals surface area contributed by atoms with E-state index in [0.717, 1.165) is 11.1 Å². The van der Waals surface area contributed by atoms with Crippen LogP contribution in [0.25, 0.3) is 0 Å². The lowest BCUT2D eigenvalue weighted by Gasteiger charge is -2.25. The van der Waals surface area contributed by atoms with Crippen molar-refractivity contribution in [3.63, 3.8) is 0 Å². The van der Waals surface area contributed by atoms with Crippen LogP contribution in [-0.2, 0) is 17.8 Å². The largest absolute Gasteiger partial charge is 0.340 e. The minimum absolute atomic E-state index is 0.0963. The molecule has 4 nitrogen and oxygen atoms in total. The second kappa shape index (κ2) is 7.46. The molecule has 1 unspecified atom stereocenters. The maximum atomic E-state index is 13.4. The number of carbonyl (C=O) groups excluding carboxylic acids is 2. The first-order valence-corrected chi connectivity index (χ1v) is 9.01. The summed E-state index contributed by atoms with van der Waals surface area (Å²) in [5, 5.41) is 2.92. The van der Waals surface area contributed by atoms with E-state index in [2.05, 4.69) is 5.32 Å². The third kappa shape index (κ3) is 3.60. The summed E-state index contributed by atoms with van der Waals surface area (Å²) >= 11 is 0. The molecule has 134 valence electrons. The lowest BCUT2D eigenvalue weighted by molar-refractivity contribution is -0.120. The molecule has 2 amide bonds. The molecule has 1 heterocycles. The van der Waals surface area contributed by atoms with E-state index in [1.807, 2.05) is 78.9 Å². The number of fused-ring (bicyclic) bond motifs is 1. The zero-order chi connectivity index (χ0) is 18.6. The Morgan fingerprint density at radius 1 is 0.741 bits per heavy atom. The monoisotopic (exact) mass is 356 g/mol. The van der Waals surface area contributed by atoms with Gasteiger partial charge in [-0.15, -0.1) is 0 Å². The van der Waals surface area contributed by atoms with E-state index in [1.165, 1.54) is 0 Å². The molecule has 3 aromatic carbocycles. The van der Waals surface area contributed by atoms with Gasteiger partial charge in [-0.1, -0.05) is 72.8 Å². The molecule has 0 bridgehead atoms. The summed E-state index contributed by atoms with van der Waals surface area (Å²) in [5.74, 6) is -0.309. The fourth-order valence-electron chi connectivity index (χ4n) is 3.42. The first kappa shape index (κ1) is 17.0. The Kier molecular flexibility index (Phi) is 4.71. The van der Waals surface area contributed by atoms with E-state index in [0.29, 0.717) is 24.2 Å². The van der Waals surface area contributed by atoms with Crippen molar-refractivity contribution in [1.82, 2.24) is 5.32 Å². The summed E-state index contributed by atoms with van der Waals surface area (Å²) < 4.78 is 0. The lowest BCUT2D eigenvalue weighted by atomic mass is 10.0. The van der Waals surface area contributed by atoms with Gasteiger partial charge in [0.2, 0.25) is 5.91 Å². The van der Waals surface area contributed by atoms with Gasteiger partial charge >= 0.3 is 0 Å². The molecular weight excluding hydrogens is 336 g/mol. The number of amides is 2. The molecule has 1 N–H and O–H groups in total. The topological polar surface area (TPSA) is 49.4 Å². The van der Waals surface area contributed by atoms with Gasteiger partial charge in [0.05, 0.1) is 17.8 Å². The van der Waals surface area contributed by atoms with Gasteiger partial charge in [0, 0.05) is 6.42 Å². The Morgan fingerprint density at radius 3 is 2.04 bits per heavy atom. The van der Waals surface area contributed by atoms with Crippen LogP contribution >= 0.6 is 0 Å². The first-order valence-electron chi connectivity index (χ1n) is 9.01. The number of benzene rings is 3.